The Morgan fingerprint density at radius 2 is 2.10 bits per heavy atom. The van der Waals surface area contributed by atoms with E-state index in [2.05, 4.69) is 4.99 Å². The van der Waals surface area contributed by atoms with Gasteiger partial charge in [-0.05, 0) is 6.92 Å². The highest BCUT2D eigenvalue weighted by Gasteiger charge is 1.96. The number of hydrogen-bond donors (Lipinski definition) is 3. The van der Waals surface area contributed by atoms with Crippen molar-refractivity contribution in [3.8, 4) is 0 Å². The highest BCUT2D eigenvalue weighted by Crippen LogP contribution is 1.90. The van der Waals surface area contributed by atoms with Crippen LogP contribution in [-0.2, 0) is 4.79 Å². The van der Waals surface area contributed by atoms with Gasteiger partial charge in [0.1, 0.15) is 0 Å². The third-order valence-electron chi connectivity index (χ3n) is 0.745. The molecule has 0 spiro atoms. The van der Waals surface area contributed by atoms with Gasteiger partial charge in [-0.2, -0.15) is 0 Å². The molecule has 10 heavy (non-hydrogen) atoms. The smallest absolute Gasteiger partial charge is 0.332 e. The number of carboxylic acids is 1. The van der Waals surface area contributed by atoms with Gasteiger partial charge in [0, 0.05) is 6.20 Å². The molecule has 5 nitrogen and oxygen atoms in total. The van der Waals surface area contributed by atoms with Crippen molar-refractivity contribution in [1.82, 2.24) is 0 Å². The zero-order valence-electron chi connectivity index (χ0n) is 5.53. The summed E-state index contributed by atoms with van der Waals surface area (Å²) in [6.07, 6.45) is 1.09. The van der Waals surface area contributed by atoms with Gasteiger partial charge in [0.2, 0.25) is 0 Å². The number of carboxylic acid groups (broad SMARTS) is 1. The third kappa shape index (κ3) is 3.48. The van der Waals surface area contributed by atoms with Crippen molar-refractivity contribution in [3.05, 3.63) is 11.8 Å². The Hall–Kier alpha value is -1.52. The quantitative estimate of drug-likeness (QED) is 0.269. The molecule has 5 N–H and O–H groups in total. The molecule has 0 aromatic rings. The number of guanidine groups is 1. The second-order valence-corrected chi connectivity index (χ2v) is 1.67. The Balaban J connectivity index is 4.19. The molecule has 0 radical (unpaired) electrons. The minimum absolute atomic E-state index is 0.0911. The van der Waals surface area contributed by atoms with Crippen LogP contribution in [0.5, 0.6) is 0 Å². The minimum atomic E-state index is -1.04. The van der Waals surface area contributed by atoms with Crippen molar-refractivity contribution < 1.29 is 9.90 Å². The lowest BCUT2D eigenvalue weighted by Gasteiger charge is -1.88. The molecule has 56 valence electrons. The molecule has 0 saturated carbocycles. The van der Waals surface area contributed by atoms with Gasteiger partial charge < -0.3 is 16.6 Å². The predicted octanol–water partition coefficient (Wildman–Crippen LogP) is -0.752. The molecule has 0 aliphatic carbocycles. The van der Waals surface area contributed by atoms with Crippen LogP contribution in [0.15, 0.2) is 16.8 Å². The average molecular weight is 143 g/mol. The first-order valence-corrected chi connectivity index (χ1v) is 2.53. The van der Waals surface area contributed by atoms with Crippen LogP contribution in [0.1, 0.15) is 6.92 Å². The van der Waals surface area contributed by atoms with Gasteiger partial charge in [-0.1, -0.05) is 0 Å². The number of rotatable bonds is 2. The summed E-state index contributed by atoms with van der Waals surface area (Å²) < 4.78 is 0. The fourth-order valence-electron chi connectivity index (χ4n) is 0.227. The van der Waals surface area contributed by atoms with Crippen LogP contribution >= 0.6 is 0 Å². The van der Waals surface area contributed by atoms with E-state index in [1.165, 1.54) is 6.92 Å². The van der Waals surface area contributed by atoms with Gasteiger partial charge in [0.15, 0.2) is 5.96 Å². The number of aliphatic imine (C=N–C) groups is 1. The molecule has 0 amide bonds. The van der Waals surface area contributed by atoms with E-state index in [4.69, 9.17) is 16.6 Å². The van der Waals surface area contributed by atoms with E-state index >= 15 is 0 Å². The Morgan fingerprint density at radius 1 is 1.60 bits per heavy atom. The second-order valence-electron chi connectivity index (χ2n) is 1.67. The van der Waals surface area contributed by atoms with Crippen LogP contribution < -0.4 is 11.5 Å². The number of nitrogens with two attached hydrogens (primary N) is 2. The highest BCUT2D eigenvalue weighted by molar-refractivity contribution is 5.86. The average Bonchev–Trinajstić information content (AvgIpc) is 1.82. The summed E-state index contributed by atoms with van der Waals surface area (Å²) in [6.45, 7) is 1.40. The summed E-state index contributed by atoms with van der Waals surface area (Å²) in [5.41, 5.74) is 9.95. The summed E-state index contributed by atoms with van der Waals surface area (Å²) in [4.78, 5) is 13.5. The zero-order chi connectivity index (χ0) is 8.15. The van der Waals surface area contributed by atoms with Gasteiger partial charge in [-0.3, -0.25) is 0 Å². The standard InChI is InChI=1S/C5H9N3O2/c1-3(4(9)10)2-8-5(6)7/h2H,1H3,(H,9,10)(H4,6,7,8)/b3-2-. The lowest BCUT2D eigenvalue weighted by Crippen LogP contribution is -2.21. The monoisotopic (exact) mass is 143 g/mol. The van der Waals surface area contributed by atoms with Crippen molar-refractivity contribution >= 4 is 11.9 Å². The SMILES string of the molecule is C/C(=C/N=C(N)N)C(=O)O. The van der Waals surface area contributed by atoms with Crippen LogP contribution in [0.25, 0.3) is 0 Å². The van der Waals surface area contributed by atoms with Crippen molar-refractivity contribution in [1.29, 1.82) is 0 Å². The molecule has 0 heterocycles. The first-order chi connectivity index (χ1) is 4.54. The Morgan fingerprint density at radius 3 is 2.40 bits per heavy atom. The van der Waals surface area contributed by atoms with E-state index in [-0.39, 0.29) is 11.5 Å². The van der Waals surface area contributed by atoms with Crippen LogP contribution in [0.2, 0.25) is 0 Å². The van der Waals surface area contributed by atoms with Gasteiger partial charge >= 0.3 is 5.97 Å². The summed E-state index contributed by atoms with van der Waals surface area (Å²) in [5, 5.41) is 8.28. The number of hydrogen-bond acceptors (Lipinski definition) is 2. The Labute approximate surface area is 58.0 Å². The van der Waals surface area contributed by atoms with Crippen molar-refractivity contribution in [3.63, 3.8) is 0 Å². The molecule has 0 bridgehead atoms. The number of aliphatic carboxylic acids is 1. The van der Waals surface area contributed by atoms with E-state index in [0.29, 0.717) is 0 Å². The number of nitrogens with zero attached hydrogens (tertiary/aromatic N) is 1. The second kappa shape index (κ2) is 3.49. The highest BCUT2D eigenvalue weighted by atomic mass is 16.4. The number of carbonyl (C=O) groups is 1. The van der Waals surface area contributed by atoms with Gasteiger partial charge in [-0.25, -0.2) is 9.79 Å². The van der Waals surface area contributed by atoms with Gasteiger partial charge in [0.25, 0.3) is 0 Å². The molecule has 5 heteroatoms. The van der Waals surface area contributed by atoms with E-state index < -0.39 is 5.97 Å². The maximum Gasteiger partial charge on any atom is 0.332 e. The van der Waals surface area contributed by atoms with Crippen LogP contribution in [0.3, 0.4) is 0 Å². The third-order valence-corrected chi connectivity index (χ3v) is 0.745. The van der Waals surface area contributed by atoms with Gasteiger partial charge in [-0.15, -0.1) is 0 Å². The van der Waals surface area contributed by atoms with Gasteiger partial charge in [0.05, 0.1) is 5.57 Å². The van der Waals surface area contributed by atoms with Crippen molar-refractivity contribution in [2.24, 2.45) is 16.5 Å². The van der Waals surface area contributed by atoms with E-state index in [1.807, 2.05) is 0 Å². The van der Waals surface area contributed by atoms with E-state index in [0.717, 1.165) is 6.20 Å². The molecule has 0 fully saturated rings. The molecular formula is C5H9N3O2. The maximum atomic E-state index is 10.1. The summed E-state index contributed by atoms with van der Waals surface area (Å²) in [7, 11) is 0. The molecule has 0 saturated heterocycles. The fourth-order valence-corrected chi connectivity index (χ4v) is 0.227. The maximum absolute atomic E-state index is 10.1. The molecule has 0 atom stereocenters. The Kier molecular flexibility index (Phi) is 2.96. The molecule has 0 aliphatic heterocycles. The van der Waals surface area contributed by atoms with Crippen molar-refractivity contribution in [2.45, 2.75) is 6.92 Å². The first-order valence-electron chi connectivity index (χ1n) is 2.53. The largest absolute Gasteiger partial charge is 0.478 e. The zero-order valence-corrected chi connectivity index (χ0v) is 5.53. The molecule has 0 rings (SSSR count). The topological polar surface area (TPSA) is 102 Å². The summed E-state index contributed by atoms with van der Waals surface area (Å²) in [6, 6.07) is 0. The normalized spacial score (nSPS) is 10.7. The Bertz CT molecular complexity index is 191. The molecule has 0 aromatic heterocycles. The summed E-state index contributed by atoms with van der Waals surface area (Å²) >= 11 is 0. The predicted molar refractivity (Wildman–Crippen MR) is 37.2 cm³/mol. The van der Waals surface area contributed by atoms with E-state index in [1.54, 1.807) is 0 Å². The summed E-state index contributed by atoms with van der Waals surface area (Å²) in [5.74, 6) is -1.19. The van der Waals surface area contributed by atoms with Crippen LogP contribution in [0.4, 0.5) is 0 Å². The minimum Gasteiger partial charge on any atom is -0.478 e. The lowest BCUT2D eigenvalue weighted by molar-refractivity contribution is -0.132. The molecule has 0 aliphatic rings. The van der Waals surface area contributed by atoms with E-state index in [9.17, 15) is 4.79 Å². The van der Waals surface area contributed by atoms with Crippen LogP contribution in [-0.4, -0.2) is 17.0 Å². The fraction of sp³-hybridized carbons (Fsp3) is 0.200. The lowest BCUT2D eigenvalue weighted by atomic mass is 10.3. The molecule has 0 unspecified atom stereocenters. The molecule has 0 aromatic carbocycles. The van der Waals surface area contributed by atoms with Crippen molar-refractivity contribution in [2.75, 3.05) is 0 Å². The van der Waals surface area contributed by atoms with Crippen LogP contribution in [0, 0.1) is 0 Å². The first kappa shape index (κ1) is 8.48. The molecular weight excluding hydrogens is 134 g/mol.